The summed E-state index contributed by atoms with van der Waals surface area (Å²) in [7, 11) is 0. The van der Waals surface area contributed by atoms with Gasteiger partial charge in [-0.1, -0.05) is 13.8 Å². The largest absolute Gasteiger partial charge is 0.330 e. The molecule has 0 aromatic carbocycles. The summed E-state index contributed by atoms with van der Waals surface area (Å²) in [5.74, 6) is 4.80. The first-order valence-corrected chi connectivity index (χ1v) is 5.39. The number of nitrogens with one attached hydrogen (secondary N) is 1. The molecule has 0 bridgehead atoms. The van der Waals surface area contributed by atoms with Crippen LogP contribution in [0.1, 0.15) is 33.1 Å². The van der Waals surface area contributed by atoms with Gasteiger partial charge in [0.1, 0.15) is 6.04 Å². The second kappa shape index (κ2) is 5.11. The lowest BCUT2D eigenvalue weighted by molar-refractivity contribution is -0.144. The van der Waals surface area contributed by atoms with Crippen LogP contribution in [0.4, 0.5) is 0 Å². The first kappa shape index (κ1) is 12.0. The van der Waals surface area contributed by atoms with Crippen LogP contribution in [0.2, 0.25) is 0 Å². The molecule has 0 spiro atoms. The van der Waals surface area contributed by atoms with Crippen molar-refractivity contribution in [1.29, 1.82) is 0 Å². The van der Waals surface area contributed by atoms with Crippen LogP contribution in [0, 0.1) is 5.92 Å². The van der Waals surface area contributed by atoms with Gasteiger partial charge in [0.05, 0.1) is 0 Å². The number of hydrogen-bond acceptors (Lipinski definition) is 3. The number of likely N-dealkylation sites (tertiary alicyclic amines) is 1. The van der Waals surface area contributed by atoms with Gasteiger partial charge in [0.15, 0.2) is 0 Å². The van der Waals surface area contributed by atoms with E-state index in [9.17, 15) is 9.59 Å². The van der Waals surface area contributed by atoms with Crippen molar-refractivity contribution in [2.24, 2.45) is 11.8 Å². The number of hydrazine groups is 1. The Bertz CT molecular complexity index is 253. The van der Waals surface area contributed by atoms with Crippen molar-refractivity contribution in [3.63, 3.8) is 0 Å². The lowest BCUT2D eigenvalue weighted by Gasteiger charge is -2.35. The molecule has 1 unspecified atom stereocenters. The van der Waals surface area contributed by atoms with Crippen LogP contribution in [-0.4, -0.2) is 29.3 Å². The van der Waals surface area contributed by atoms with Gasteiger partial charge in [0.25, 0.3) is 5.91 Å². The molecule has 86 valence electrons. The molecule has 0 radical (unpaired) electrons. The minimum Gasteiger partial charge on any atom is -0.330 e. The summed E-state index contributed by atoms with van der Waals surface area (Å²) in [6.45, 7) is 4.35. The molecule has 1 fully saturated rings. The monoisotopic (exact) mass is 213 g/mol. The van der Waals surface area contributed by atoms with Gasteiger partial charge >= 0.3 is 0 Å². The molecule has 1 aliphatic rings. The molecule has 0 aromatic rings. The number of nitrogens with two attached hydrogens (primary N) is 1. The third-order valence-corrected chi connectivity index (χ3v) is 2.72. The molecule has 2 amide bonds. The van der Waals surface area contributed by atoms with Crippen molar-refractivity contribution in [3.8, 4) is 0 Å². The van der Waals surface area contributed by atoms with Crippen LogP contribution < -0.4 is 11.3 Å². The maximum absolute atomic E-state index is 11.8. The van der Waals surface area contributed by atoms with Crippen molar-refractivity contribution < 1.29 is 9.59 Å². The van der Waals surface area contributed by atoms with Crippen LogP contribution in [0.15, 0.2) is 0 Å². The number of hydrogen-bond donors (Lipinski definition) is 2. The molecule has 0 saturated carbocycles. The minimum atomic E-state index is -0.376. The predicted octanol–water partition coefficient (Wildman–Crippen LogP) is 0.0134. The lowest BCUT2D eigenvalue weighted by atomic mass is 9.99. The summed E-state index contributed by atoms with van der Waals surface area (Å²) in [6, 6.07) is -0.376. The zero-order valence-electron chi connectivity index (χ0n) is 9.32. The van der Waals surface area contributed by atoms with Crippen LogP contribution in [0.3, 0.4) is 0 Å². The maximum atomic E-state index is 11.8. The second-order valence-electron chi connectivity index (χ2n) is 4.21. The highest BCUT2D eigenvalue weighted by atomic mass is 16.2. The average molecular weight is 213 g/mol. The molecule has 3 N–H and O–H groups in total. The normalized spacial score (nSPS) is 21.6. The maximum Gasteiger partial charge on any atom is 0.256 e. The summed E-state index contributed by atoms with van der Waals surface area (Å²) in [5.41, 5.74) is 2.13. The Morgan fingerprint density at radius 2 is 2.07 bits per heavy atom. The molecule has 5 nitrogen and oxygen atoms in total. The fourth-order valence-corrected chi connectivity index (χ4v) is 1.90. The first-order chi connectivity index (χ1) is 7.07. The standard InChI is InChI=1S/C10H19N3O2/c1-7(2)10(15)13-6-4-3-5-8(13)9(14)12-11/h7-8H,3-6,11H2,1-2H3,(H,12,14). The Kier molecular flexibility index (Phi) is 4.08. The molecule has 0 aromatic heterocycles. The Morgan fingerprint density at radius 1 is 1.40 bits per heavy atom. The summed E-state index contributed by atoms with van der Waals surface area (Å²) in [4.78, 5) is 25.0. The van der Waals surface area contributed by atoms with Crippen molar-refractivity contribution in [2.45, 2.75) is 39.2 Å². The van der Waals surface area contributed by atoms with E-state index in [4.69, 9.17) is 5.84 Å². The third kappa shape index (κ3) is 2.68. The Labute approximate surface area is 90.0 Å². The van der Waals surface area contributed by atoms with E-state index in [-0.39, 0.29) is 23.8 Å². The van der Waals surface area contributed by atoms with E-state index in [1.807, 2.05) is 13.8 Å². The summed E-state index contributed by atoms with van der Waals surface area (Å²) in [5, 5.41) is 0. The number of piperidine rings is 1. The molecule has 0 aliphatic carbocycles. The van der Waals surface area contributed by atoms with Crippen LogP contribution >= 0.6 is 0 Å². The zero-order chi connectivity index (χ0) is 11.4. The Morgan fingerprint density at radius 3 is 2.60 bits per heavy atom. The molecule has 1 atom stereocenters. The van der Waals surface area contributed by atoms with Gasteiger partial charge in [-0.15, -0.1) is 0 Å². The highest BCUT2D eigenvalue weighted by molar-refractivity contribution is 5.88. The summed E-state index contributed by atoms with van der Waals surface area (Å²) < 4.78 is 0. The topological polar surface area (TPSA) is 75.4 Å². The molecule has 1 heterocycles. The summed E-state index contributed by atoms with van der Waals surface area (Å²) >= 11 is 0. The molecule has 1 aliphatic heterocycles. The molecule has 5 heteroatoms. The number of nitrogens with zero attached hydrogens (tertiary/aromatic N) is 1. The van der Waals surface area contributed by atoms with Gasteiger partial charge in [-0.2, -0.15) is 0 Å². The minimum absolute atomic E-state index is 0.0308. The van der Waals surface area contributed by atoms with Crippen LogP contribution in [0.5, 0.6) is 0 Å². The number of carbonyl (C=O) groups excluding carboxylic acids is 2. The first-order valence-electron chi connectivity index (χ1n) is 5.39. The van der Waals surface area contributed by atoms with Gasteiger partial charge < -0.3 is 4.90 Å². The van der Waals surface area contributed by atoms with E-state index >= 15 is 0 Å². The fourth-order valence-electron chi connectivity index (χ4n) is 1.90. The van der Waals surface area contributed by atoms with Gasteiger partial charge in [-0.05, 0) is 19.3 Å². The van der Waals surface area contributed by atoms with E-state index in [0.29, 0.717) is 13.0 Å². The van der Waals surface area contributed by atoms with Gasteiger partial charge in [-0.3, -0.25) is 15.0 Å². The zero-order valence-corrected chi connectivity index (χ0v) is 9.32. The van der Waals surface area contributed by atoms with Crippen LogP contribution in [0.25, 0.3) is 0 Å². The molecular weight excluding hydrogens is 194 g/mol. The highest BCUT2D eigenvalue weighted by Crippen LogP contribution is 2.19. The fraction of sp³-hybridized carbons (Fsp3) is 0.800. The Balaban J connectivity index is 2.73. The van der Waals surface area contributed by atoms with E-state index in [0.717, 1.165) is 12.8 Å². The van der Waals surface area contributed by atoms with Gasteiger partial charge in [0, 0.05) is 12.5 Å². The Hall–Kier alpha value is -1.10. The summed E-state index contributed by atoms with van der Waals surface area (Å²) in [6.07, 6.45) is 2.65. The lowest BCUT2D eigenvalue weighted by Crippen LogP contribution is -2.54. The highest BCUT2D eigenvalue weighted by Gasteiger charge is 2.32. The van der Waals surface area contributed by atoms with E-state index < -0.39 is 0 Å². The smallest absolute Gasteiger partial charge is 0.256 e. The van der Waals surface area contributed by atoms with E-state index in [1.165, 1.54) is 0 Å². The quantitative estimate of drug-likeness (QED) is 0.385. The molecular formula is C10H19N3O2. The van der Waals surface area contributed by atoms with Gasteiger partial charge in [-0.25, -0.2) is 5.84 Å². The molecule has 1 rings (SSSR count). The van der Waals surface area contributed by atoms with Gasteiger partial charge in [0.2, 0.25) is 5.91 Å². The van der Waals surface area contributed by atoms with Crippen molar-refractivity contribution in [2.75, 3.05) is 6.54 Å². The number of carbonyl (C=O) groups is 2. The van der Waals surface area contributed by atoms with Crippen molar-refractivity contribution >= 4 is 11.8 Å². The van der Waals surface area contributed by atoms with Crippen LogP contribution in [-0.2, 0) is 9.59 Å². The van der Waals surface area contributed by atoms with E-state index in [2.05, 4.69) is 5.43 Å². The molecule has 1 saturated heterocycles. The number of rotatable bonds is 2. The molecule has 15 heavy (non-hydrogen) atoms. The average Bonchev–Trinajstić information content (AvgIpc) is 2.27. The van der Waals surface area contributed by atoms with E-state index in [1.54, 1.807) is 4.90 Å². The SMILES string of the molecule is CC(C)C(=O)N1CCCCC1C(=O)NN. The van der Waals surface area contributed by atoms with Crippen molar-refractivity contribution in [1.82, 2.24) is 10.3 Å². The van der Waals surface area contributed by atoms with Crippen molar-refractivity contribution in [3.05, 3.63) is 0 Å². The third-order valence-electron chi connectivity index (χ3n) is 2.72. The number of amides is 2. The second-order valence-corrected chi connectivity index (χ2v) is 4.21. The predicted molar refractivity (Wildman–Crippen MR) is 56.5 cm³/mol.